The van der Waals surface area contributed by atoms with Crippen LogP contribution in [0.3, 0.4) is 0 Å². The molecule has 0 aliphatic heterocycles. The molecular formula is C9H9N3S. The number of hydrogen-bond acceptors (Lipinski definition) is 4. The summed E-state index contributed by atoms with van der Waals surface area (Å²) in [5.41, 5.74) is 2.19. The lowest BCUT2D eigenvalue weighted by molar-refractivity contribution is 1.05. The Morgan fingerprint density at radius 2 is 2.00 bits per heavy atom. The van der Waals surface area contributed by atoms with Gasteiger partial charge in [0, 0.05) is 18.0 Å². The second-order valence-electron chi connectivity index (χ2n) is 2.88. The number of aromatic nitrogens is 3. The average Bonchev–Trinajstić information content (AvgIpc) is 2.52. The third kappa shape index (κ3) is 1.72. The predicted octanol–water partition coefficient (Wildman–Crippen LogP) is 2.22. The van der Waals surface area contributed by atoms with Gasteiger partial charge >= 0.3 is 0 Å². The van der Waals surface area contributed by atoms with E-state index in [4.69, 9.17) is 0 Å². The molecule has 0 aliphatic carbocycles. The molecule has 2 aromatic rings. The Hall–Kier alpha value is -1.29. The molecule has 0 spiro atoms. The third-order valence-corrected chi connectivity index (χ3v) is 2.54. The largest absolute Gasteiger partial charge is 0.264 e. The zero-order chi connectivity index (χ0) is 9.26. The second-order valence-corrected chi connectivity index (χ2v) is 4.06. The molecule has 2 heterocycles. The SMILES string of the molecule is Cc1cncc(-c2nnc(C)s2)c1. The van der Waals surface area contributed by atoms with Crippen molar-refractivity contribution < 1.29 is 0 Å². The van der Waals surface area contributed by atoms with E-state index in [1.54, 1.807) is 11.3 Å². The Bertz CT molecular complexity index is 422. The van der Waals surface area contributed by atoms with Crippen molar-refractivity contribution in [3.05, 3.63) is 29.0 Å². The zero-order valence-electron chi connectivity index (χ0n) is 7.48. The molecule has 0 saturated carbocycles. The summed E-state index contributed by atoms with van der Waals surface area (Å²) < 4.78 is 0. The highest BCUT2D eigenvalue weighted by molar-refractivity contribution is 7.14. The van der Waals surface area contributed by atoms with Crippen molar-refractivity contribution in [1.82, 2.24) is 15.2 Å². The first-order valence-electron chi connectivity index (χ1n) is 3.98. The number of hydrogen-bond donors (Lipinski definition) is 0. The van der Waals surface area contributed by atoms with Crippen molar-refractivity contribution in [3.63, 3.8) is 0 Å². The van der Waals surface area contributed by atoms with Crippen molar-refractivity contribution in [3.8, 4) is 10.6 Å². The Balaban J connectivity index is 2.46. The minimum absolute atomic E-state index is 0.939. The third-order valence-electron chi connectivity index (χ3n) is 1.65. The molecule has 0 aliphatic rings. The molecule has 66 valence electrons. The van der Waals surface area contributed by atoms with Crippen LogP contribution in [0.2, 0.25) is 0 Å². The van der Waals surface area contributed by atoms with Crippen LogP contribution in [-0.4, -0.2) is 15.2 Å². The van der Waals surface area contributed by atoms with E-state index in [0.29, 0.717) is 0 Å². The quantitative estimate of drug-likeness (QED) is 0.693. The molecule has 0 amide bonds. The second kappa shape index (κ2) is 3.22. The summed E-state index contributed by atoms with van der Waals surface area (Å²) in [4.78, 5) is 4.11. The van der Waals surface area contributed by atoms with Crippen molar-refractivity contribution in [2.75, 3.05) is 0 Å². The van der Waals surface area contributed by atoms with E-state index in [1.165, 1.54) is 0 Å². The Labute approximate surface area is 80.5 Å². The van der Waals surface area contributed by atoms with Gasteiger partial charge in [-0.3, -0.25) is 4.98 Å². The minimum Gasteiger partial charge on any atom is -0.264 e. The van der Waals surface area contributed by atoms with E-state index < -0.39 is 0 Å². The molecule has 0 fully saturated rings. The molecule has 0 atom stereocenters. The van der Waals surface area contributed by atoms with Gasteiger partial charge in [0.05, 0.1) is 0 Å². The molecule has 0 aromatic carbocycles. The summed E-state index contributed by atoms with van der Waals surface area (Å²) in [6.07, 6.45) is 3.64. The van der Waals surface area contributed by atoms with Gasteiger partial charge in [0.15, 0.2) is 0 Å². The van der Waals surface area contributed by atoms with Gasteiger partial charge in [-0.1, -0.05) is 11.3 Å². The van der Waals surface area contributed by atoms with Crippen LogP contribution < -0.4 is 0 Å². The van der Waals surface area contributed by atoms with Gasteiger partial charge in [-0.25, -0.2) is 0 Å². The molecule has 0 unspecified atom stereocenters. The van der Waals surface area contributed by atoms with E-state index in [-0.39, 0.29) is 0 Å². The first-order chi connectivity index (χ1) is 6.25. The molecule has 4 heteroatoms. The Morgan fingerprint density at radius 3 is 2.62 bits per heavy atom. The summed E-state index contributed by atoms with van der Waals surface area (Å²) in [6.45, 7) is 3.97. The molecule has 0 N–H and O–H groups in total. The Kier molecular flexibility index (Phi) is 2.06. The highest BCUT2D eigenvalue weighted by Gasteiger charge is 2.03. The van der Waals surface area contributed by atoms with E-state index >= 15 is 0 Å². The number of rotatable bonds is 1. The number of aryl methyl sites for hydroxylation is 2. The smallest absolute Gasteiger partial charge is 0.149 e. The van der Waals surface area contributed by atoms with Gasteiger partial charge in [0.1, 0.15) is 10.0 Å². The summed E-state index contributed by atoms with van der Waals surface area (Å²) >= 11 is 1.59. The lowest BCUT2D eigenvalue weighted by Crippen LogP contribution is -1.81. The van der Waals surface area contributed by atoms with Crippen LogP contribution in [-0.2, 0) is 0 Å². The van der Waals surface area contributed by atoms with E-state index in [9.17, 15) is 0 Å². The fourth-order valence-corrected chi connectivity index (χ4v) is 1.76. The summed E-state index contributed by atoms with van der Waals surface area (Å²) in [5, 5.41) is 9.94. The molecule has 0 saturated heterocycles. The predicted molar refractivity (Wildman–Crippen MR) is 52.6 cm³/mol. The lowest BCUT2D eigenvalue weighted by Gasteiger charge is -1.94. The maximum absolute atomic E-state index is 4.11. The van der Waals surface area contributed by atoms with E-state index in [2.05, 4.69) is 21.2 Å². The molecule has 0 radical (unpaired) electrons. The number of nitrogens with zero attached hydrogens (tertiary/aromatic N) is 3. The van der Waals surface area contributed by atoms with Crippen molar-refractivity contribution >= 4 is 11.3 Å². The molecule has 2 rings (SSSR count). The monoisotopic (exact) mass is 191 g/mol. The highest BCUT2D eigenvalue weighted by atomic mass is 32.1. The molecule has 2 aromatic heterocycles. The van der Waals surface area contributed by atoms with Gasteiger partial charge < -0.3 is 0 Å². The highest BCUT2D eigenvalue weighted by Crippen LogP contribution is 2.22. The van der Waals surface area contributed by atoms with Crippen molar-refractivity contribution in [1.29, 1.82) is 0 Å². The van der Waals surface area contributed by atoms with Crippen LogP contribution in [0.25, 0.3) is 10.6 Å². The van der Waals surface area contributed by atoms with Crippen LogP contribution in [0.1, 0.15) is 10.6 Å². The lowest BCUT2D eigenvalue weighted by atomic mass is 10.2. The van der Waals surface area contributed by atoms with Gasteiger partial charge in [-0.05, 0) is 25.5 Å². The fourth-order valence-electron chi connectivity index (χ4n) is 1.09. The molecule has 0 bridgehead atoms. The first-order valence-corrected chi connectivity index (χ1v) is 4.79. The minimum atomic E-state index is 0.939. The summed E-state index contributed by atoms with van der Waals surface area (Å²) in [6, 6.07) is 2.06. The molecular weight excluding hydrogens is 182 g/mol. The number of pyridine rings is 1. The van der Waals surface area contributed by atoms with Crippen LogP contribution >= 0.6 is 11.3 Å². The van der Waals surface area contributed by atoms with Gasteiger partial charge in [0.25, 0.3) is 0 Å². The van der Waals surface area contributed by atoms with E-state index in [1.807, 2.05) is 26.2 Å². The van der Waals surface area contributed by atoms with Gasteiger partial charge in [0.2, 0.25) is 0 Å². The first kappa shape index (κ1) is 8.31. The maximum Gasteiger partial charge on any atom is 0.149 e. The molecule has 13 heavy (non-hydrogen) atoms. The Morgan fingerprint density at radius 1 is 1.15 bits per heavy atom. The normalized spacial score (nSPS) is 10.3. The standard InChI is InChI=1S/C9H9N3S/c1-6-3-8(5-10-4-6)9-12-11-7(2)13-9/h3-5H,1-2H3. The fraction of sp³-hybridized carbons (Fsp3) is 0.222. The van der Waals surface area contributed by atoms with E-state index in [0.717, 1.165) is 21.1 Å². The molecule has 3 nitrogen and oxygen atoms in total. The topological polar surface area (TPSA) is 38.7 Å². The zero-order valence-corrected chi connectivity index (χ0v) is 8.30. The van der Waals surface area contributed by atoms with Gasteiger partial charge in [-0.15, -0.1) is 10.2 Å². The average molecular weight is 191 g/mol. The van der Waals surface area contributed by atoms with Crippen LogP contribution in [0.4, 0.5) is 0 Å². The van der Waals surface area contributed by atoms with Crippen LogP contribution in [0.5, 0.6) is 0 Å². The van der Waals surface area contributed by atoms with Crippen LogP contribution in [0, 0.1) is 13.8 Å². The van der Waals surface area contributed by atoms with Gasteiger partial charge in [-0.2, -0.15) is 0 Å². The summed E-state index contributed by atoms with van der Waals surface area (Å²) in [5.74, 6) is 0. The van der Waals surface area contributed by atoms with Crippen molar-refractivity contribution in [2.24, 2.45) is 0 Å². The van der Waals surface area contributed by atoms with Crippen LogP contribution in [0.15, 0.2) is 18.5 Å². The van der Waals surface area contributed by atoms with Crippen molar-refractivity contribution in [2.45, 2.75) is 13.8 Å². The maximum atomic E-state index is 4.11. The summed E-state index contributed by atoms with van der Waals surface area (Å²) in [7, 11) is 0.